The van der Waals surface area contributed by atoms with Crippen LogP contribution in [0.1, 0.15) is 129 Å². The zero-order valence-electron chi connectivity index (χ0n) is 26.1. The summed E-state index contributed by atoms with van der Waals surface area (Å²) in [6.07, 6.45) is 19.7. The fraction of sp³-hybridized carbons (Fsp3) is 0.967. The topological polar surface area (TPSA) is 94.1 Å². The van der Waals surface area contributed by atoms with Gasteiger partial charge in [0.15, 0.2) is 0 Å². The Labute approximate surface area is 240 Å². The van der Waals surface area contributed by atoms with Gasteiger partial charge in [0.05, 0.1) is 34.4 Å². The number of hydrogen-bond donors (Lipinski definition) is 0. The van der Waals surface area contributed by atoms with E-state index in [0.29, 0.717) is 24.1 Å². The smallest absolute Gasteiger partial charge is 0.306 e. The summed E-state index contributed by atoms with van der Waals surface area (Å²) >= 11 is 0. The van der Waals surface area contributed by atoms with E-state index in [2.05, 4.69) is 13.8 Å². The van der Waals surface area contributed by atoms with Crippen LogP contribution < -0.4 is 4.89 Å². The van der Waals surface area contributed by atoms with Crippen molar-refractivity contribution in [2.45, 2.75) is 136 Å². The first-order valence-electron chi connectivity index (χ1n) is 15.8. The minimum atomic E-state index is -4.49. The van der Waals surface area contributed by atoms with Gasteiger partial charge in [-0.2, -0.15) is 0 Å². The molecule has 9 heteroatoms. The lowest BCUT2D eigenvalue weighted by Crippen LogP contribution is -2.37. The third-order valence-electron chi connectivity index (χ3n) is 6.66. The van der Waals surface area contributed by atoms with Crippen molar-refractivity contribution >= 4 is 13.8 Å². The minimum absolute atomic E-state index is 0.0300. The van der Waals surface area contributed by atoms with Gasteiger partial charge in [0.2, 0.25) is 0 Å². The van der Waals surface area contributed by atoms with Crippen LogP contribution in [0.2, 0.25) is 0 Å². The van der Waals surface area contributed by atoms with E-state index in [9.17, 15) is 14.3 Å². The number of nitrogens with zero attached hydrogens (tertiary/aromatic N) is 1. The summed E-state index contributed by atoms with van der Waals surface area (Å²) in [6, 6.07) is 0. The van der Waals surface area contributed by atoms with Crippen LogP contribution in [0.4, 0.5) is 0 Å². The molecule has 8 nitrogen and oxygen atoms in total. The van der Waals surface area contributed by atoms with Gasteiger partial charge >= 0.3 is 5.97 Å². The Morgan fingerprint density at radius 1 is 0.692 bits per heavy atom. The standard InChI is InChI=1S/C30H62NO7P/c1-6-8-10-12-14-16-18-20-22-25-35-27-29(28-37-39(33,34)36-26-24-31(3,4)5)38-30(32)23-21-19-17-15-13-11-9-7-2/h29H,6-28H2,1-5H3. The molecule has 0 bridgehead atoms. The van der Waals surface area contributed by atoms with E-state index in [-0.39, 0.29) is 25.8 Å². The molecule has 0 aliphatic rings. The zero-order valence-corrected chi connectivity index (χ0v) is 27.0. The first-order valence-corrected chi connectivity index (χ1v) is 17.2. The van der Waals surface area contributed by atoms with E-state index in [1.807, 2.05) is 21.1 Å². The summed E-state index contributed by atoms with van der Waals surface area (Å²) in [7, 11) is 1.36. The molecule has 2 atom stereocenters. The van der Waals surface area contributed by atoms with E-state index in [1.54, 1.807) is 0 Å². The van der Waals surface area contributed by atoms with Gasteiger partial charge in [0.25, 0.3) is 7.82 Å². The van der Waals surface area contributed by atoms with Crippen molar-refractivity contribution in [2.75, 3.05) is 54.1 Å². The molecule has 0 rings (SSSR count). The third kappa shape index (κ3) is 28.8. The molecular formula is C30H62NO7P. The van der Waals surface area contributed by atoms with Gasteiger partial charge in [0, 0.05) is 13.0 Å². The highest BCUT2D eigenvalue weighted by molar-refractivity contribution is 7.45. The van der Waals surface area contributed by atoms with E-state index < -0.39 is 13.9 Å². The number of ether oxygens (including phenoxy) is 2. The number of esters is 1. The number of likely N-dealkylation sites (N-methyl/N-ethyl adjacent to an activating group) is 1. The number of carbonyl (C=O) groups is 1. The number of phosphoric acid groups is 1. The summed E-state index contributed by atoms with van der Waals surface area (Å²) in [6.45, 7) is 5.36. The number of carbonyl (C=O) groups excluding carboxylic acids is 1. The molecule has 0 fully saturated rings. The predicted octanol–water partition coefficient (Wildman–Crippen LogP) is 7.18. The molecule has 0 radical (unpaired) electrons. The molecule has 0 saturated carbocycles. The molecular weight excluding hydrogens is 517 g/mol. The van der Waals surface area contributed by atoms with Crippen LogP contribution in [0.5, 0.6) is 0 Å². The summed E-state index contributed by atoms with van der Waals surface area (Å²) in [5, 5.41) is 0. The second-order valence-corrected chi connectivity index (χ2v) is 13.2. The Morgan fingerprint density at radius 3 is 1.69 bits per heavy atom. The van der Waals surface area contributed by atoms with Crippen LogP contribution in [-0.4, -0.2) is 70.7 Å². The molecule has 234 valence electrons. The van der Waals surface area contributed by atoms with Crippen LogP contribution in [0.25, 0.3) is 0 Å². The summed E-state index contributed by atoms with van der Waals surface area (Å²) in [5.74, 6) is -0.340. The molecule has 39 heavy (non-hydrogen) atoms. The highest BCUT2D eigenvalue weighted by Gasteiger charge is 2.20. The Bertz CT molecular complexity index is 613. The van der Waals surface area contributed by atoms with Gasteiger partial charge in [0.1, 0.15) is 19.3 Å². The Hall–Kier alpha value is -0.500. The second kappa shape index (κ2) is 25.2. The normalized spacial score (nSPS) is 14.3. The van der Waals surface area contributed by atoms with Gasteiger partial charge in [-0.25, -0.2) is 0 Å². The summed E-state index contributed by atoms with van der Waals surface area (Å²) in [5.41, 5.74) is 0. The SMILES string of the molecule is CCCCCCCCCCCOCC(COP(=O)([O-])OCC[N+](C)(C)C)OC(=O)CCCCCCCCCC. The molecule has 0 amide bonds. The van der Waals surface area contributed by atoms with Crippen LogP contribution in [0.15, 0.2) is 0 Å². The molecule has 0 aromatic carbocycles. The van der Waals surface area contributed by atoms with Crippen molar-refractivity contribution < 1.29 is 37.3 Å². The largest absolute Gasteiger partial charge is 0.756 e. The van der Waals surface area contributed by atoms with E-state index in [1.165, 1.54) is 77.0 Å². The van der Waals surface area contributed by atoms with E-state index in [4.69, 9.17) is 18.5 Å². The van der Waals surface area contributed by atoms with Gasteiger partial charge in [-0.05, 0) is 12.8 Å². The van der Waals surface area contributed by atoms with Crippen molar-refractivity contribution in [1.82, 2.24) is 0 Å². The molecule has 0 spiro atoms. The summed E-state index contributed by atoms with van der Waals surface area (Å²) in [4.78, 5) is 24.6. The second-order valence-electron chi connectivity index (χ2n) is 11.8. The fourth-order valence-electron chi connectivity index (χ4n) is 4.13. The van der Waals surface area contributed by atoms with Gasteiger partial charge in [-0.15, -0.1) is 0 Å². The van der Waals surface area contributed by atoms with E-state index in [0.717, 1.165) is 32.1 Å². The molecule has 0 heterocycles. The highest BCUT2D eigenvalue weighted by Crippen LogP contribution is 2.38. The molecule has 0 saturated heterocycles. The highest BCUT2D eigenvalue weighted by atomic mass is 31.2. The van der Waals surface area contributed by atoms with Gasteiger partial charge in [-0.1, -0.05) is 110 Å². The van der Waals surface area contributed by atoms with Crippen LogP contribution >= 0.6 is 7.82 Å². The maximum absolute atomic E-state index is 12.4. The quantitative estimate of drug-likeness (QED) is 0.0401. The monoisotopic (exact) mass is 579 g/mol. The molecule has 0 aromatic heterocycles. The fourth-order valence-corrected chi connectivity index (χ4v) is 4.86. The maximum Gasteiger partial charge on any atom is 0.306 e. The lowest BCUT2D eigenvalue weighted by Gasteiger charge is -2.28. The Morgan fingerprint density at radius 2 is 1.18 bits per heavy atom. The van der Waals surface area contributed by atoms with Crippen LogP contribution in [0.3, 0.4) is 0 Å². The molecule has 0 aliphatic heterocycles. The lowest BCUT2D eigenvalue weighted by atomic mass is 10.1. The minimum Gasteiger partial charge on any atom is -0.756 e. The first kappa shape index (κ1) is 38.5. The Balaban J connectivity index is 4.38. The number of phosphoric ester groups is 1. The molecule has 0 aliphatic carbocycles. The zero-order chi connectivity index (χ0) is 29.2. The number of rotatable bonds is 29. The number of hydrogen-bond acceptors (Lipinski definition) is 7. The average molecular weight is 580 g/mol. The van der Waals surface area contributed by atoms with Crippen molar-refractivity contribution in [3.05, 3.63) is 0 Å². The average Bonchev–Trinajstić information content (AvgIpc) is 2.86. The lowest BCUT2D eigenvalue weighted by molar-refractivity contribution is -0.870. The molecule has 0 N–H and O–H groups in total. The first-order chi connectivity index (χ1) is 18.6. The number of quaternary nitrogens is 1. The summed E-state index contributed by atoms with van der Waals surface area (Å²) < 4.78 is 34.1. The van der Waals surface area contributed by atoms with Crippen LogP contribution in [0, 0.1) is 0 Å². The molecule has 2 unspecified atom stereocenters. The third-order valence-corrected chi connectivity index (χ3v) is 7.62. The van der Waals surface area contributed by atoms with Crippen molar-refractivity contribution in [3.8, 4) is 0 Å². The van der Waals surface area contributed by atoms with Crippen LogP contribution in [-0.2, 0) is 27.9 Å². The van der Waals surface area contributed by atoms with Crippen molar-refractivity contribution in [3.63, 3.8) is 0 Å². The Kier molecular flexibility index (Phi) is 24.9. The van der Waals surface area contributed by atoms with E-state index >= 15 is 0 Å². The predicted molar refractivity (Wildman–Crippen MR) is 158 cm³/mol. The van der Waals surface area contributed by atoms with Gasteiger partial charge in [-0.3, -0.25) is 9.36 Å². The molecule has 0 aromatic rings. The maximum atomic E-state index is 12.4. The van der Waals surface area contributed by atoms with Gasteiger partial charge < -0.3 is 27.9 Å². The van der Waals surface area contributed by atoms with Crippen molar-refractivity contribution in [2.24, 2.45) is 0 Å². The van der Waals surface area contributed by atoms with Crippen molar-refractivity contribution in [1.29, 1.82) is 0 Å². The number of unbranched alkanes of at least 4 members (excludes halogenated alkanes) is 15.